The van der Waals surface area contributed by atoms with Crippen molar-refractivity contribution in [1.82, 2.24) is 9.80 Å². The van der Waals surface area contributed by atoms with Crippen LogP contribution in [-0.4, -0.2) is 55.1 Å². The van der Waals surface area contributed by atoms with E-state index in [9.17, 15) is 4.79 Å². The summed E-state index contributed by atoms with van der Waals surface area (Å²) in [5.41, 5.74) is 0.629. The van der Waals surface area contributed by atoms with Crippen LogP contribution < -0.4 is 0 Å². The highest BCUT2D eigenvalue weighted by Gasteiger charge is 2.42. The number of likely N-dealkylation sites (N-methyl/N-ethyl adjacent to an activating group) is 1. The number of amides is 1. The molecule has 6 heteroatoms. The van der Waals surface area contributed by atoms with Gasteiger partial charge >= 0.3 is 0 Å². The Morgan fingerprint density at radius 3 is 3.04 bits per heavy atom. The topological polar surface area (TPSA) is 59.1 Å². The number of fused-ring (bicyclic) bond motifs is 1. The standard InChI is InChI=1S/C19H24N2O4/c1-20(9-16-3-2-7-24-16)11-18-17-10-21(6-4-14(17)13-25-18)19(22)15-5-8-23-12-15/h2-3,5,7-8,12,14,17-18H,4,6,9-11,13H2,1H3/t14-,17-,18+/m1/s1. The predicted molar refractivity (Wildman–Crippen MR) is 91.0 cm³/mol. The van der Waals surface area contributed by atoms with Crippen molar-refractivity contribution in [3.63, 3.8) is 0 Å². The molecule has 1 amide bonds. The molecule has 2 aromatic rings. The summed E-state index contributed by atoms with van der Waals surface area (Å²) in [5.74, 6) is 1.96. The monoisotopic (exact) mass is 344 g/mol. The number of carbonyl (C=O) groups is 1. The van der Waals surface area contributed by atoms with Gasteiger partial charge in [0.2, 0.25) is 0 Å². The highest BCUT2D eigenvalue weighted by molar-refractivity contribution is 5.93. The van der Waals surface area contributed by atoms with Crippen LogP contribution in [0, 0.1) is 11.8 Å². The van der Waals surface area contributed by atoms with E-state index < -0.39 is 0 Å². The van der Waals surface area contributed by atoms with E-state index >= 15 is 0 Å². The third kappa shape index (κ3) is 3.50. The zero-order chi connectivity index (χ0) is 17.2. The number of rotatable bonds is 5. The number of piperidine rings is 1. The summed E-state index contributed by atoms with van der Waals surface area (Å²) in [6, 6.07) is 5.63. The molecular weight excluding hydrogens is 320 g/mol. The number of nitrogens with zero attached hydrogens (tertiary/aromatic N) is 2. The van der Waals surface area contributed by atoms with Gasteiger partial charge in [-0.15, -0.1) is 0 Å². The van der Waals surface area contributed by atoms with Crippen molar-refractivity contribution in [3.05, 3.63) is 48.3 Å². The van der Waals surface area contributed by atoms with Gasteiger partial charge in [0, 0.05) is 25.6 Å². The Balaban J connectivity index is 1.37. The quantitative estimate of drug-likeness (QED) is 0.834. The molecule has 4 rings (SSSR count). The number of carbonyl (C=O) groups excluding carboxylic acids is 1. The fourth-order valence-electron chi connectivity index (χ4n) is 4.01. The van der Waals surface area contributed by atoms with Gasteiger partial charge in [-0.2, -0.15) is 0 Å². The average molecular weight is 344 g/mol. The van der Waals surface area contributed by atoms with E-state index in [4.69, 9.17) is 13.6 Å². The van der Waals surface area contributed by atoms with Crippen LogP contribution in [0.4, 0.5) is 0 Å². The third-order valence-electron chi connectivity index (χ3n) is 5.36. The minimum atomic E-state index is 0.0572. The second kappa shape index (κ2) is 7.06. The van der Waals surface area contributed by atoms with Gasteiger partial charge in [-0.05, 0) is 37.6 Å². The van der Waals surface area contributed by atoms with Crippen LogP contribution in [0.15, 0.2) is 45.8 Å². The van der Waals surface area contributed by atoms with Gasteiger partial charge < -0.3 is 18.5 Å². The lowest BCUT2D eigenvalue weighted by Crippen LogP contribution is -2.47. The van der Waals surface area contributed by atoms with Gasteiger partial charge in [-0.1, -0.05) is 0 Å². The molecule has 2 saturated heterocycles. The zero-order valence-electron chi connectivity index (χ0n) is 14.5. The zero-order valence-corrected chi connectivity index (χ0v) is 14.5. The smallest absolute Gasteiger partial charge is 0.257 e. The number of hydrogen-bond donors (Lipinski definition) is 0. The summed E-state index contributed by atoms with van der Waals surface area (Å²) in [4.78, 5) is 16.8. The van der Waals surface area contributed by atoms with Gasteiger partial charge in [0.15, 0.2) is 0 Å². The first-order chi connectivity index (χ1) is 12.2. The molecule has 6 nitrogen and oxygen atoms in total. The Hall–Kier alpha value is -2.05. The maximum absolute atomic E-state index is 12.6. The van der Waals surface area contributed by atoms with Crippen LogP contribution in [0.3, 0.4) is 0 Å². The van der Waals surface area contributed by atoms with Crippen molar-refractivity contribution in [2.75, 3.05) is 33.3 Å². The van der Waals surface area contributed by atoms with E-state index in [-0.39, 0.29) is 12.0 Å². The molecule has 4 heterocycles. The van der Waals surface area contributed by atoms with Crippen LogP contribution in [0.25, 0.3) is 0 Å². The summed E-state index contributed by atoms with van der Waals surface area (Å²) in [6.07, 6.45) is 5.93. The molecule has 3 atom stereocenters. The molecular formula is C19H24N2O4. The van der Waals surface area contributed by atoms with E-state index in [2.05, 4.69) is 11.9 Å². The van der Waals surface area contributed by atoms with E-state index in [0.717, 1.165) is 45.0 Å². The highest BCUT2D eigenvalue weighted by atomic mass is 16.5. The molecule has 0 aromatic carbocycles. The molecule has 134 valence electrons. The van der Waals surface area contributed by atoms with Crippen molar-refractivity contribution in [1.29, 1.82) is 0 Å². The molecule has 2 aliphatic rings. The first-order valence-corrected chi connectivity index (χ1v) is 8.84. The minimum Gasteiger partial charge on any atom is -0.472 e. The predicted octanol–water partition coefficient (Wildman–Crippen LogP) is 2.48. The Morgan fingerprint density at radius 2 is 2.28 bits per heavy atom. The first kappa shape index (κ1) is 16.4. The van der Waals surface area contributed by atoms with Crippen molar-refractivity contribution in [2.45, 2.75) is 19.1 Å². The maximum atomic E-state index is 12.6. The van der Waals surface area contributed by atoms with Crippen LogP contribution >= 0.6 is 0 Å². The Labute approximate surface area is 147 Å². The largest absolute Gasteiger partial charge is 0.472 e. The molecule has 0 radical (unpaired) electrons. The van der Waals surface area contributed by atoms with Gasteiger partial charge in [0.05, 0.1) is 37.3 Å². The Kier molecular flexibility index (Phi) is 4.63. The van der Waals surface area contributed by atoms with Crippen LogP contribution in [-0.2, 0) is 11.3 Å². The normalized spacial score (nSPS) is 26.2. The van der Waals surface area contributed by atoms with E-state index in [1.54, 1.807) is 18.6 Å². The van der Waals surface area contributed by atoms with E-state index in [1.165, 1.54) is 6.26 Å². The molecule has 2 aromatic heterocycles. The van der Waals surface area contributed by atoms with E-state index in [1.807, 2.05) is 17.0 Å². The third-order valence-corrected chi connectivity index (χ3v) is 5.36. The molecule has 0 spiro atoms. The summed E-state index contributed by atoms with van der Waals surface area (Å²) in [6.45, 7) is 3.96. The molecule has 0 saturated carbocycles. The molecule has 0 unspecified atom stereocenters. The lowest BCUT2D eigenvalue weighted by atomic mass is 9.84. The summed E-state index contributed by atoms with van der Waals surface area (Å²) in [5, 5.41) is 0. The average Bonchev–Trinajstić information content (AvgIpc) is 3.36. The molecule has 0 bridgehead atoms. The summed E-state index contributed by atoms with van der Waals surface area (Å²) in [7, 11) is 2.08. The molecule has 0 aliphatic carbocycles. The molecule has 25 heavy (non-hydrogen) atoms. The fraction of sp³-hybridized carbons (Fsp3) is 0.526. The summed E-state index contributed by atoms with van der Waals surface area (Å²) >= 11 is 0. The number of ether oxygens (including phenoxy) is 1. The lowest BCUT2D eigenvalue weighted by Gasteiger charge is -2.36. The van der Waals surface area contributed by atoms with Gasteiger partial charge in [-0.3, -0.25) is 9.69 Å². The summed E-state index contributed by atoms with van der Waals surface area (Å²) < 4.78 is 16.5. The van der Waals surface area contributed by atoms with E-state index in [0.29, 0.717) is 17.4 Å². The lowest BCUT2D eigenvalue weighted by molar-refractivity contribution is 0.0419. The highest BCUT2D eigenvalue weighted by Crippen LogP contribution is 2.35. The number of hydrogen-bond acceptors (Lipinski definition) is 5. The second-order valence-corrected chi connectivity index (χ2v) is 7.12. The van der Waals surface area contributed by atoms with Crippen molar-refractivity contribution in [2.24, 2.45) is 11.8 Å². The fourth-order valence-corrected chi connectivity index (χ4v) is 4.01. The van der Waals surface area contributed by atoms with Gasteiger partial charge in [0.1, 0.15) is 12.0 Å². The Bertz CT molecular complexity index is 682. The molecule has 2 aliphatic heterocycles. The van der Waals surface area contributed by atoms with Gasteiger partial charge in [-0.25, -0.2) is 0 Å². The number of likely N-dealkylation sites (tertiary alicyclic amines) is 1. The van der Waals surface area contributed by atoms with Crippen LogP contribution in [0.1, 0.15) is 22.5 Å². The maximum Gasteiger partial charge on any atom is 0.257 e. The number of furan rings is 2. The van der Waals surface area contributed by atoms with Crippen molar-refractivity contribution < 1.29 is 18.4 Å². The van der Waals surface area contributed by atoms with Gasteiger partial charge in [0.25, 0.3) is 5.91 Å². The second-order valence-electron chi connectivity index (χ2n) is 7.12. The first-order valence-electron chi connectivity index (χ1n) is 8.84. The van der Waals surface area contributed by atoms with Crippen molar-refractivity contribution in [3.8, 4) is 0 Å². The van der Waals surface area contributed by atoms with Crippen LogP contribution in [0.2, 0.25) is 0 Å². The van der Waals surface area contributed by atoms with Crippen molar-refractivity contribution >= 4 is 5.91 Å². The Morgan fingerprint density at radius 1 is 1.36 bits per heavy atom. The minimum absolute atomic E-state index is 0.0572. The molecule has 0 N–H and O–H groups in total. The SMILES string of the molecule is CN(Cc1ccco1)C[C@@H]1OC[C@H]2CCN(C(=O)c3ccoc3)C[C@H]21. The van der Waals surface area contributed by atoms with Crippen LogP contribution in [0.5, 0.6) is 0 Å². The molecule has 2 fully saturated rings.